The van der Waals surface area contributed by atoms with Crippen LogP contribution in [0, 0.1) is 0 Å². The summed E-state index contributed by atoms with van der Waals surface area (Å²) >= 11 is 6.00. The van der Waals surface area contributed by atoms with Gasteiger partial charge in [-0.15, -0.1) is 0 Å². The van der Waals surface area contributed by atoms with Crippen LogP contribution in [0.2, 0.25) is 0 Å². The number of aliphatic imine (C=N–C) groups is 2. The first-order valence-electron chi connectivity index (χ1n) is 12.0. The van der Waals surface area contributed by atoms with Gasteiger partial charge in [-0.25, -0.2) is 0 Å². The Morgan fingerprint density at radius 2 is 0.974 bits per heavy atom. The average Bonchev–Trinajstić information content (AvgIpc) is 3.00. The molecule has 0 N–H and O–H groups in total. The van der Waals surface area contributed by atoms with Crippen LogP contribution in [0.25, 0.3) is 32.7 Å². The van der Waals surface area contributed by atoms with E-state index in [-0.39, 0.29) is 0 Å². The summed E-state index contributed by atoms with van der Waals surface area (Å²) in [5, 5.41) is 4.57. The Balaban J connectivity index is 0.000000983. The van der Waals surface area contributed by atoms with E-state index in [1.165, 1.54) is 10.9 Å². The fourth-order valence-electron chi connectivity index (χ4n) is 4.45. The number of nitrogens with zero attached hydrogens (tertiary/aromatic N) is 4. The van der Waals surface area contributed by atoms with Gasteiger partial charge in [-0.2, -0.15) is 0 Å². The molecule has 0 radical (unpaired) electrons. The van der Waals surface area contributed by atoms with E-state index in [1.54, 1.807) is 12.4 Å². The van der Waals surface area contributed by atoms with E-state index in [0.717, 1.165) is 55.2 Å². The average molecular weight is 681 g/mol. The van der Waals surface area contributed by atoms with Gasteiger partial charge in [0.25, 0.3) is 0 Å². The molecule has 0 amide bonds. The van der Waals surface area contributed by atoms with Gasteiger partial charge in [0.05, 0.1) is 11.4 Å². The molecule has 0 aliphatic rings. The zero-order chi connectivity index (χ0) is 26.9. The van der Waals surface area contributed by atoms with Crippen LogP contribution in [-0.2, 0) is 10.9 Å². The summed E-state index contributed by atoms with van der Waals surface area (Å²) in [6, 6.07) is 33.1. The van der Waals surface area contributed by atoms with Crippen LogP contribution in [0.4, 0.5) is 11.4 Å². The number of halogens is 2. The molecule has 0 bridgehead atoms. The number of rotatable bonds is 5. The molecule has 4 aromatic carbocycles. The molecule has 2 aromatic heterocycles. The molecular formula is C32H22Br2N4Ni. The fourth-order valence-corrected chi connectivity index (χ4v) is 4.45. The molecule has 0 aliphatic heterocycles. The van der Waals surface area contributed by atoms with Crippen molar-refractivity contribution in [3.8, 4) is 11.1 Å². The summed E-state index contributed by atoms with van der Waals surface area (Å²) in [4.78, 5) is 18.3. The van der Waals surface area contributed by atoms with Crippen LogP contribution >= 0.6 is 28.5 Å². The Morgan fingerprint density at radius 1 is 0.538 bits per heavy atom. The SMILES string of the molecule is C(=Nc1ccc2ccccc2c1-c1c(N=Cc2cccnc2)ccc2ccccc12)c1cccnc1.[Br][Ni][Br]. The van der Waals surface area contributed by atoms with Gasteiger partial charge >= 0.3 is 39.3 Å². The van der Waals surface area contributed by atoms with Crippen molar-refractivity contribution in [3.05, 3.63) is 133 Å². The van der Waals surface area contributed by atoms with Crippen LogP contribution in [0.5, 0.6) is 0 Å². The molecule has 4 nitrogen and oxygen atoms in total. The molecule has 2 heterocycles. The molecule has 39 heavy (non-hydrogen) atoms. The normalized spacial score (nSPS) is 11.3. The first kappa shape index (κ1) is 27.1. The predicted molar refractivity (Wildman–Crippen MR) is 168 cm³/mol. The second-order valence-corrected chi connectivity index (χ2v) is 13.5. The Labute approximate surface area is 247 Å². The zero-order valence-corrected chi connectivity index (χ0v) is 24.7. The van der Waals surface area contributed by atoms with Crippen molar-refractivity contribution in [1.82, 2.24) is 9.97 Å². The van der Waals surface area contributed by atoms with E-state index in [4.69, 9.17) is 9.98 Å². The van der Waals surface area contributed by atoms with E-state index in [0.29, 0.717) is 0 Å². The molecule has 6 aromatic rings. The number of pyridine rings is 2. The number of aromatic nitrogens is 2. The van der Waals surface area contributed by atoms with E-state index in [2.05, 4.69) is 111 Å². The molecule has 0 aliphatic carbocycles. The van der Waals surface area contributed by atoms with Crippen molar-refractivity contribution < 1.29 is 10.9 Å². The Morgan fingerprint density at radius 3 is 1.38 bits per heavy atom. The molecule has 7 heteroatoms. The van der Waals surface area contributed by atoms with Crippen LogP contribution in [0.15, 0.2) is 132 Å². The maximum absolute atomic E-state index is 4.94. The van der Waals surface area contributed by atoms with E-state index < -0.39 is 0 Å². The summed E-state index contributed by atoms with van der Waals surface area (Å²) in [6.45, 7) is 0. The van der Waals surface area contributed by atoms with Crippen LogP contribution in [0.1, 0.15) is 11.1 Å². The van der Waals surface area contributed by atoms with Crippen molar-refractivity contribution >= 4 is 73.8 Å². The van der Waals surface area contributed by atoms with Gasteiger partial charge in [0, 0.05) is 59.5 Å². The van der Waals surface area contributed by atoms with E-state index in [1.807, 2.05) is 49.1 Å². The van der Waals surface area contributed by atoms with Crippen molar-refractivity contribution in [1.29, 1.82) is 0 Å². The molecule has 6 rings (SSSR count). The molecule has 0 spiro atoms. The Bertz CT molecular complexity index is 1630. The molecular weight excluding hydrogens is 659 g/mol. The topological polar surface area (TPSA) is 50.5 Å². The van der Waals surface area contributed by atoms with Crippen LogP contribution in [0.3, 0.4) is 0 Å². The minimum atomic E-state index is 0.881. The standard InChI is InChI=1S/C32H22N4.2BrH.Ni/c1-3-11-27-25(9-1)13-15-29(35-21-23-7-5-17-33-19-23)31(27)32-28-12-4-2-10-26(28)14-16-30(32)36-22-24-8-6-18-34-20-24;;;/h1-22H;2*1H;/q;;;+2/p-2. The monoisotopic (exact) mass is 678 g/mol. The minimum absolute atomic E-state index is 0.881. The number of hydrogen-bond acceptors (Lipinski definition) is 4. The summed E-state index contributed by atoms with van der Waals surface area (Å²) in [5.41, 5.74) is 5.78. The van der Waals surface area contributed by atoms with Crippen molar-refractivity contribution in [2.45, 2.75) is 0 Å². The van der Waals surface area contributed by atoms with Gasteiger partial charge in [-0.1, -0.05) is 72.8 Å². The third kappa shape index (κ3) is 6.56. The second-order valence-electron chi connectivity index (χ2n) is 8.50. The first-order valence-corrected chi connectivity index (χ1v) is 16.9. The fraction of sp³-hybridized carbons (Fsp3) is 0. The second kappa shape index (κ2) is 13.5. The summed E-state index contributed by atoms with van der Waals surface area (Å²) < 4.78 is 0. The van der Waals surface area contributed by atoms with Crippen molar-refractivity contribution in [3.63, 3.8) is 0 Å². The Hall–Kier alpha value is -3.51. The van der Waals surface area contributed by atoms with Gasteiger partial charge in [0.15, 0.2) is 0 Å². The quantitative estimate of drug-likeness (QED) is 0.135. The van der Waals surface area contributed by atoms with Gasteiger partial charge in [-0.05, 0) is 45.8 Å². The Kier molecular flexibility index (Phi) is 9.39. The van der Waals surface area contributed by atoms with Crippen LogP contribution < -0.4 is 0 Å². The number of fused-ring (bicyclic) bond motifs is 2. The van der Waals surface area contributed by atoms with E-state index in [9.17, 15) is 0 Å². The summed E-state index contributed by atoms with van der Waals surface area (Å²) in [7, 11) is 1.25. The molecule has 0 saturated carbocycles. The van der Waals surface area contributed by atoms with Gasteiger partial charge < -0.3 is 0 Å². The third-order valence-electron chi connectivity index (χ3n) is 6.14. The maximum atomic E-state index is 4.94. The molecule has 0 fully saturated rings. The molecule has 0 atom stereocenters. The number of hydrogen-bond donors (Lipinski definition) is 0. The molecule has 0 unspecified atom stereocenters. The first-order chi connectivity index (χ1) is 19.3. The van der Waals surface area contributed by atoms with Crippen molar-refractivity contribution in [2.75, 3.05) is 0 Å². The third-order valence-corrected chi connectivity index (χ3v) is 6.14. The number of benzene rings is 4. The van der Waals surface area contributed by atoms with Crippen molar-refractivity contribution in [2.24, 2.45) is 9.98 Å². The van der Waals surface area contributed by atoms with Gasteiger partial charge in [-0.3, -0.25) is 20.0 Å². The summed E-state index contributed by atoms with van der Waals surface area (Å²) in [5.74, 6) is 0. The van der Waals surface area contributed by atoms with E-state index >= 15 is 0 Å². The van der Waals surface area contributed by atoms with Gasteiger partial charge in [0.2, 0.25) is 0 Å². The summed E-state index contributed by atoms with van der Waals surface area (Å²) in [6.07, 6.45) is 10.9. The molecule has 194 valence electrons. The zero-order valence-electron chi connectivity index (χ0n) is 20.6. The predicted octanol–water partition coefficient (Wildman–Crippen LogP) is 9.64. The van der Waals surface area contributed by atoms with Gasteiger partial charge in [0.1, 0.15) is 0 Å². The van der Waals surface area contributed by atoms with Crippen LogP contribution in [-0.4, -0.2) is 22.4 Å². The molecule has 0 saturated heterocycles.